The minimum Gasteiger partial charge on any atom is -0.444 e. The standard InChI is InChI=1S/C26H28N2O3/c1-26(2,3)31-25(30)28-18-20-13-7-8-14-21(20)22-15-9-10-16-23(22)24(29)27-17-19-11-5-4-6-12-19/h4-16H,17-18H2,1-3H3,(H,27,29)(H,28,30). The van der Waals surface area contributed by atoms with Crippen LogP contribution >= 0.6 is 0 Å². The van der Waals surface area contributed by atoms with E-state index in [1.807, 2.05) is 99.6 Å². The summed E-state index contributed by atoms with van der Waals surface area (Å²) in [6, 6.07) is 25.0. The molecule has 0 aliphatic rings. The minimum absolute atomic E-state index is 0.144. The van der Waals surface area contributed by atoms with Crippen molar-refractivity contribution in [2.45, 2.75) is 39.5 Å². The topological polar surface area (TPSA) is 67.4 Å². The molecule has 3 aromatic rings. The second kappa shape index (κ2) is 9.94. The van der Waals surface area contributed by atoms with Gasteiger partial charge in [0.25, 0.3) is 5.91 Å². The monoisotopic (exact) mass is 416 g/mol. The first-order valence-corrected chi connectivity index (χ1v) is 10.3. The maximum absolute atomic E-state index is 12.9. The van der Waals surface area contributed by atoms with Crippen molar-refractivity contribution in [2.24, 2.45) is 0 Å². The van der Waals surface area contributed by atoms with Gasteiger partial charge >= 0.3 is 6.09 Å². The van der Waals surface area contributed by atoms with Crippen molar-refractivity contribution in [1.29, 1.82) is 0 Å². The van der Waals surface area contributed by atoms with Crippen LogP contribution in [0.2, 0.25) is 0 Å². The van der Waals surface area contributed by atoms with Crippen LogP contribution in [0.4, 0.5) is 4.79 Å². The van der Waals surface area contributed by atoms with E-state index in [1.165, 1.54) is 0 Å². The lowest BCUT2D eigenvalue weighted by molar-refractivity contribution is 0.0523. The Labute approximate surface area is 183 Å². The zero-order valence-corrected chi connectivity index (χ0v) is 18.1. The highest BCUT2D eigenvalue weighted by molar-refractivity contribution is 6.01. The molecule has 0 bridgehead atoms. The van der Waals surface area contributed by atoms with Gasteiger partial charge in [-0.25, -0.2) is 4.79 Å². The molecule has 31 heavy (non-hydrogen) atoms. The molecule has 0 heterocycles. The summed E-state index contributed by atoms with van der Waals surface area (Å²) in [6.07, 6.45) is -0.476. The number of rotatable bonds is 6. The van der Waals surface area contributed by atoms with E-state index in [4.69, 9.17) is 4.74 Å². The molecule has 0 radical (unpaired) electrons. The quantitative estimate of drug-likeness (QED) is 0.572. The number of benzene rings is 3. The van der Waals surface area contributed by atoms with Crippen LogP contribution in [-0.4, -0.2) is 17.6 Å². The molecule has 3 aromatic carbocycles. The van der Waals surface area contributed by atoms with Crippen molar-refractivity contribution >= 4 is 12.0 Å². The van der Waals surface area contributed by atoms with E-state index in [-0.39, 0.29) is 5.91 Å². The first-order valence-electron chi connectivity index (χ1n) is 10.3. The molecule has 2 N–H and O–H groups in total. The van der Waals surface area contributed by atoms with Crippen molar-refractivity contribution in [3.63, 3.8) is 0 Å². The third-order valence-electron chi connectivity index (χ3n) is 4.60. The molecule has 0 saturated heterocycles. The summed E-state index contributed by atoms with van der Waals surface area (Å²) in [5.74, 6) is -0.144. The molecule has 160 valence electrons. The van der Waals surface area contributed by atoms with Gasteiger partial charge in [0.1, 0.15) is 5.60 Å². The van der Waals surface area contributed by atoms with E-state index >= 15 is 0 Å². The SMILES string of the molecule is CC(C)(C)OC(=O)NCc1ccccc1-c1ccccc1C(=O)NCc1ccccc1. The number of carbonyl (C=O) groups excluding carboxylic acids is 2. The molecule has 0 aliphatic carbocycles. The summed E-state index contributed by atoms with van der Waals surface area (Å²) in [7, 11) is 0. The van der Waals surface area contributed by atoms with Gasteiger partial charge in [-0.1, -0.05) is 72.8 Å². The van der Waals surface area contributed by atoms with Gasteiger partial charge in [0.05, 0.1) is 0 Å². The van der Waals surface area contributed by atoms with Gasteiger partial charge in [-0.3, -0.25) is 4.79 Å². The van der Waals surface area contributed by atoms with Crippen molar-refractivity contribution in [3.05, 3.63) is 95.6 Å². The highest BCUT2D eigenvalue weighted by Crippen LogP contribution is 2.27. The normalized spacial score (nSPS) is 10.9. The summed E-state index contributed by atoms with van der Waals surface area (Å²) < 4.78 is 5.33. The molecule has 3 rings (SSSR count). The van der Waals surface area contributed by atoms with Gasteiger partial charge in [-0.2, -0.15) is 0 Å². The zero-order chi connectivity index (χ0) is 22.3. The highest BCUT2D eigenvalue weighted by Gasteiger charge is 2.18. The Morgan fingerprint density at radius 2 is 1.35 bits per heavy atom. The predicted octanol–water partition coefficient (Wildman–Crippen LogP) is 5.31. The highest BCUT2D eigenvalue weighted by atomic mass is 16.6. The third kappa shape index (κ3) is 6.44. The number of ether oxygens (including phenoxy) is 1. The van der Waals surface area contributed by atoms with E-state index in [0.29, 0.717) is 18.7 Å². The number of nitrogens with one attached hydrogen (secondary N) is 2. The van der Waals surface area contributed by atoms with Crippen LogP contribution in [0.15, 0.2) is 78.9 Å². The van der Waals surface area contributed by atoms with Crippen molar-refractivity contribution in [1.82, 2.24) is 10.6 Å². The van der Waals surface area contributed by atoms with Crippen LogP contribution in [-0.2, 0) is 17.8 Å². The number of hydrogen-bond donors (Lipinski definition) is 2. The molecule has 0 saturated carbocycles. The van der Waals surface area contributed by atoms with Crippen molar-refractivity contribution in [3.8, 4) is 11.1 Å². The second-order valence-electron chi connectivity index (χ2n) is 8.23. The van der Waals surface area contributed by atoms with E-state index in [1.54, 1.807) is 0 Å². The first kappa shape index (κ1) is 22.1. The summed E-state index contributed by atoms with van der Waals surface area (Å²) in [5, 5.41) is 5.79. The van der Waals surface area contributed by atoms with Crippen LogP contribution in [0.5, 0.6) is 0 Å². The number of amides is 2. The summed E-state index contributed by atoms with van der Waals surface area (Å²) >= 11 is 0. The van der Waals surface area contributed by atoms with Crippen molar-refractivity contribution < 1.29 is 14.3 Å². The number of carbonyl (C=O) groups is 2. The molecule has 5 nitrogen and oxygen atoms in total. The molecule has 0 unspecified atom stereocenters. The fourth-order valence-corrected chi connectivity index (χ4v) is 3.21. The zero-order valence-electron chi connectivity index (χ0n) is 18.1. The lowest BCUT2D eigenvalue weighted by atomic mass is 9.95. The fourth-order valence-electron chi connectivity index (χ4n) is 3.21. The maximum Gasteiger partial charge on any atom is 0.407 e. The number of hydrogen-bond acceptors (Lipinski definition) is 3. The Hall–Kier alpha value is -3.60. The Bertz CT molecular complexity index is 1040. The Morgan fingerprint density at radius 1 is 0.742 bits per heavy atom. The van der Waals surface area contributed by atoms with Crippen LogP contribution in [0.1, 0.15) is 42.3 Å². The van der Waals surface area contributed by atoms with Crippen LogP contribution in [0, 0.1) is 0 Å². The van der Waals surface area contributed by atoms with Crippen LogP contribution in [0.25, 0.3) is 11.1 Å². The lowest BCUT2D eigenvalue weighted by Crippen LogP contribution is -2.32. The first-order chi connectivity index (χ1) is 14.8. The lowest BCUT2D eigenvalue weighted by Gasteiger charge is -2.20. The molecule has 0 aromatic heterocycles. The van der Waals surface area contributed by atoms with Gasteiger partial charge in [-0.15, -0.1) is 0 Å². The molecule has 2 amide bonds. The molecule has 0 aliphatic heterocycles. The largest absolute Gasteiger partial charge is 0.444 e. The van der Waals surface area contributed by atoms with Gasteiger partial charge in [0, 0.05) is 18.7 Å². The smallest absolute Gasteiger partial charge is 0.407 e. The molecule has 5 heteroatoms. The Balaban J connectivity index is 1.79. The third-order valence-corrected chi connectivity index (χ3v) is 4.60. The summed E-state index contributed by atoms with van der Waals surface area (Å²) in [5.41, 5.74) is 3.67. The summed E-state index contributed by atoms with van der Waals surface area (Å²) in [4.78, 5) is 25.0. The molecule has 0 atom stereocenters. The van der Waals surface area contributed by atoms with Gasteiger partial charge in [0.15, 0.2) is 0 Å². The molecule has 0 fully saturated rings. The average Bonchev–Trinajstić information content (AvgIpc) is 2.76. The second-order valence-corrected chi connectivity index (χ2v) is 8.23. The Morgan fingerprint density at radius 3 is 2.06 bits per heavy atom. The molecule has 0 spiro atoms. The van der Waals surface area contributed by atoms with Crippen LogP contribution in [0.3, 0.4) is 0 Å². The van der Waals surface area contributed by atoms with E-state index in [9.17, 15) is 9.59 Å². The van der Waals surface area contributed by atoms with Gasteiger partial charge in [-0.05, 0) is 49.1 Å². The van der Waals surface area contributed by atoms with Gasteiger partial charge in [0.2, 0.25) is 0 Å². The molecular formula is C26H28N2O3. The predicted molar refractivity (Wildman–Crippen MR) is 123 cm³/mol. The summed E-state index contributed by atoms with van der Waals surface area (Å²) in [6.45, 7) is 6.22. The van der Waals surface area contributed by atoms with E-state index < -0.39 is 11.7 Å². The van der Waals surface area contributed by atoms with E-state index in [2.05, 4.69) is 10.6 Å². The average molecular weight is 417 g/mol. The van der Waals surface area contributed by atoms with Gasteiger partial charge < -0.3 is 15.4 Å². The van der Waals surface area contributed by atoms with E-state index in [0.717, 1.165) is 22.3 Å². The fraction of sp³-hybridized carbons (Fsp3) is 0.231. The van der Waals surface area contributed by atoms with Crippen molar-refractivity contribution in [2.75, 3.05) is 0 Å². The maximum atomic E-state index is 12.9. The van der Waals surface area contributed by atoms with Crippen LogP contribution < -0.4 is 10.6 Å². The molecular weight excluding hydrogens is 388 g/mol. The number of alkyl carbamates (subject to hydrolysis) is 1. The minimum atomic E-state index is -0.562. The Kier molecular flexibility index (Phi) is 7.08.